The summed E-state index contributed by atoms with van der Waals surface area (Å²) in [5, 5.41) is 4.13. The Balaban J connectivity index is 2.36. The molecule has 7 nitrogen and oxygen atoms in total. The van der Waals surface area contributed by atoms with Crippen LogP contribution in [0.1, 0.15) is 11.4 Å². The third-order valence-corrected chi connectivity index (χ3v) is 5.93. The van der Waals surface area contributed by atoms with Gasteiger partial charge in [0.1, 0.15) is 4.90 Å². The van der Waals surface area contributed by atoms with Gasteiger partial charge in [-0.1, -0.05) is 12.1 Å². The maximum Gasteiger partial charge on any atom is 0.265 e. The van der Waals surface area contributed by atoms with E-state index in [-0.39, 0.29) is 10.6 Å². The van der Waals surface area contributed by atoms with Crippen LogP contribution in [0.3, 0.4) is 0 Å². The standard InChI is InChI=1S/C14H18N4O3S2/c1-9-14(10(2)18(3)16-9)23(20,21)17-11-6-4-5-7-12(11)22-8-13(15)19/h4-7,17H,8H2,1-3H3,(H2,15,19). The lowest BCUT2D eigenvalue weighted by Crippen LogP contribution is -2.16. The van der Waals surface area contributed by atoms with Crippen LogP contribution in [0, 0.1) is 13.8 Å². The maximum absolute atomic E-state index is 12.7. The first-order chi connectivity index (χ1) is 10.7. The minimum absolute atomic E-state index is 0.0731. The molecule has 2 aromatic rings. The van der Waals surface area contributed by atoms with Gasteiger partial charge in [-0.05, 0) is 26.0 Å². The van der Waals surface area contributed by atoms with Gasteiger partial charge < -0.3 is 5.73 Å². The Labute approximate surface area is 139 Å². The van der Waals surface area contributed by atoms with E-state index in [1.807, 2.05) is 0 Å². The lowest BCUT2D eigenvalue weighted by molar-refractivity contribution is -0.115. The van der Waals surface area contributed by atoms with Gasteiger partial charge in [0.2, 0.25) is 5.91 Å². The summed E-state index contributed by atoms with van der Waals surface area (Å²) in [7, 11) is -2.09. The van der Waals surface area contributed by atoms with Crippen molar-refractivity contribution in [2.75, 3.05) is 10.5 Å². The number of carbonyl (C=O) groups is 1. The van der Waals surface area contributed by atoms with Crippen molar-refractivity contribution < 1.29 is 13.2 Å². The van der Waals surface area contributed by atoms with E-state index in [4.69, 9.17) is 5.73 Å². The summed E-state index contributed by atoms with van der Waals surface area (Å²) < 4.78 is 29.5. The number of thioether (sulfide) groups is 1. The lowest BCUT2D eigenvalue weighted by atomic mass is 10.3. The number of nitrogens with one attached hydrogen (secondary N) is 1. The fourth-order valence-corrected chi connectivity index (χ4v) is 4.50. The Morgan fingerprint density at radius 3 is 2.57 bits per heavy atom. The van der Waals surface area contributed by atoms with Gasteiger partial charge in [0.25, 0.3) is 10.0 Å². The third kappa shape index (κ3) is 3.85. The van der Waals surface area contributed by atoms with Crippen molar-refractivity contribution in [2.45, 2.75) is 23.6 Å². The van der Waals surface area contributed by atoms with E-state index in [0.29, 0.717) is 22.0 Å². The highest BCUT2D eigenvalue weighted by molar-refractivity contribution is 8.00. The highest BCUT2D eigenvalue weighted by atomic mass is 32.2. The van der Waals surface area contributed by atoms with E-state index in [2.05, 4.69) is 9.82 Å². The first kappa shape index (κ1) is 17.4. The Bertz CT molecular complexity index is 844. The molecule has 0 unspecified atom stereocenters. The number of aryl methyl sites for hydroxylation is 2. The van der Waals surface area contributed by atoms with Crippen molar-refractivity contribution in [3.05, 3.63) is 35.7 Å². The SMILES string of the molecule is Cc1nn(C)c(C)c1S(=O)(=O)Nc1ccccc1SCC(N)=O. The molecule has 1 aromatic heterocycles. The van der Waals surface area contributed by atoms with Crippen LogP contribution in [0.5, 0.6) is 0 Å². The van der Waals surface area contributed by atoms with E-state index >= 15 is 0 Å². The number of hydrogen-bond donors (Lipinski definition) is 2. The molecule has 0 fully saturated rings. The molecule has 124 valence electrons. The molecule has 0 aliphatic rings. The van der Waals surface area contributed by atoms with Gasteiger partial charge in [-0.25, -0.2) is 8.42 Å². The molecule has 0 saturated heterocycles. The molecule has 23 heavy (non-hydrogen) atoms. The largest absolute Gasteiger partial charge is 0.369 e. The van der Waals surface area contributed by atoms with Crippen molar-refractivity contribution in [2.24, 2.45) is 12.8 Å². The fraction of sp³-hybridized carbons (Fsp3) is 0.286. The minimum Gasteiger partial charge on any atom is -0.369 e. The number of hydrogen-bond acceptors (Lipinski definition) is 5. The Morgan fingerprint density at radius 1 is 1.35 bits per heavy atom. The summed E-state index contributed by atoms with van der Waals surface area (Å²) in [5.41, 5.74) is 6.53. The molecule has 1 amide bonds. The molecule has 0 aliphatic carbocycles. The Morgan fingerprint density at radius 2 is 2.00 bits per heavy atom. The molecule has 0 atom stereocenters. The molecule has 0 saturated carbocycles. The number of sulfonamides is 1. The second-order valence-corrected chi connectivity index (χ2v) is 7.62. The van der Waals surface area contributed by atoms with Crippen molar-refractivity contribution in [3.63, 3.8) is 0 Å². The molecule has 9 heteroatoms. The number of nitrogens with two attached hydrogens (primary N) is 1. The quantitative estimate of drug-likeness (QED) is 0.763. The normalized spacial score (nSPS) is 11.4. The van der Waals surface area contributed by atoms with Gasteiger partial charge >= 0.3 is 0 Å². The fourth-order valence-electron chi connectivity index (χ4n) is 2.16. The van der Waals surface area contributed by atoms with E-state index in [9.17, 15) is 13.2 Å². The molecule has 3 N–H and O–H groups in total. The molecule has 0 spiro atoms. The van der Waals surface area contributed by atoms with Gasteiger partial charge in [0.05, 0.1) is 22.8 Å². The van der Waals surface area contributed by atoms with Crippen LogP contribution in [-0.4, -0.2) is 29.9 Å². The number of primary amides is 1. The number of benzene rings is 1. The third-order valence-electron chi connectivity index (χ3n) is 3.21. The second kappa shape index (κ2) is 6.63. The van der Waals surface area contributed by atoms with Crippen LogP contribution in [0.2, 0.25) is 0 Å². The number of para-hydroxylation sites is 1. The number of rotatable bonds is 6. The molecule has 0 aliphatic heterocycles. The molecule has 1 aromatic carbocycles. The Kier molecular flexibility index (Phi) is 5.00. The molecule has 2 rings (SSSR count). The van der Waals surface area contributed by atoms with Crippen LogP contribution in [0.15, 0.2) is 34.1 Å². The molecule has 0 radical (unpaired) electrons. The second-order valence-electron chi connectivity index (χ2n) is 4.98. The first-order valence-electron chi connectivity index (χ1n) is 6.75. The van der Waals surface area contributed by atoms with Crippen LogP contribution in [0.25, 0.3) is 0 Å². The summed E-state index contributed by atoms with van der Waals surface area (Å²) in [6.07, 6.45) is 0. The zero-order chi connectivity index (χ0) is 17.2. The van der Waals surface area contributed by atoms with Crippen molar-refractivity contribution in [3.8, 4) is 0 Å². The van der Waals surface area contributed by atoms with Crippen molar-refractivity contribution >= 4 is 33.4 Å². The number of nitrogens with zero attached hydrogens (tertiary/aromatic N) is 2. The van der Waals surface area contributed by atoms with Gasteiger partial charge in [0, 0.05) is 11.9 Å². The number of amides is 1. The van der Waals surface area contributed by atoms with Crippen molar-refractivity contribution in [1.82, 2.24) is 9.78 Å². The minimum atomic E-state index is -3.78. The smallest absolute Gasteiger partial charge is 0.265 e. The highest BCUT2D eigenvalue weighted by Crippen LogP contribution is 2.30. The van der Waals surface area contributed by atoms with Crippen LogP contribution >= 0.6 is 11.8 Å². The monoisotopic (exact) mass is 354 g/mol. The van der Waals surface area contributed by atoms with Crippen molar-refractivity contribution in [1.29, 1.82) is 0 Å². The summed E-state index contributed by atoms with van der Waals surface area (Å²) >= 11 is 1.18. The average Bonchev–Trinajstić information content (AvgIpc) is 2.71. The van der Waals surface area contributed by atoms with Gasteiger partial charge in [-0.2, -0.15) is 5.10 Å². The van der Waals surface area contributed by atoms with Gasteiger partial charge in [-0.3, -0.25) is 14.2 Å². The maximum atomic E-state index is 12.7. The summed E-state index contributed by atoms with van der Waals surface area (Å²) in [6.45, 7) is 3.34. The van der Waals surface area contributed by atoms with Gasteiger partial charge in [-0.15, -0.1) is 11.8 Å². The topological polar surface area (TPSA) is 107 Å². The first-order valence-corrected chi connectivity index (χ1v) is 9.22. The van der Waals surface area contributed by atoms with E-state index < -0.39 is 15.9 Å². The number of aromatic nitrogens is 2. The van der Waals surface area contributed by atoms with E-state index in [0.717, 1.165) is 0 Å². The number of anilines is 1. The molecular weight excluding hydrogens is 336 g/mol. The van der Waals surface area contributed by atoms with Crippen LogP contribution in [0.4, 0.5) is 5.69 Å². The predicted molar refractivity (Wildman–Crippen MR) is 89.9 cm³/mol. The lowest BCUT2D eigenvalue weighted by Gasteiger charge is -2.12. The molecular formula is C14H18N4O3S2. The molecule has 0 bridgehead atoms. The number of carbonyl (C=O) groups excluding carboxylic acids is 1. The van der Waals surface area contributed by atoms with Gasteiger partial charge in [0.15, 0.2) is 0 Å². The zero-order valence-corrected chi connectivity index (χ0v) is 14.7. The zero-order valence-electron chi connectivity index (χ0n) is 13.0. The Hall–Kier alpha value is -2.00. The van der Waals surface area contributed by atoms with Crippen LogP contribution < -0.4 is 10.5 Å². The van der Waals surface area contributed by atoms with E-state index in [1.165, 1.54) is 16.4 Å². The van der Waals surface area contributed by atoms with Crippen LogP contribution in [-0.2, 0) is 21.9 Å². The highest BCUT2D eigenvalue weighted by Gasteiger charge is 2.24. The molecule has 1 heterocycles. The summed E-state index contributed by atoms with van der Waals surface area (Å²) in [6, 6.07) is 6.85. The van der Waals surface area contributed by atoms with E-state index in [1.54, 1.807) is 45.2 Å². The summed E-state index contributed by atoms with van der Waals surface area (Å²) in [5.74, 6) is -0.393. The summed E-state index contributed by atoms with van der Waals surface area (Å²) in [4.78, 5) is 11.7. The predicted octanol–water partition coefficient (Wildman–Crippen LogP) is 1.42. The average molecular weight is 354 g/mol.